The van der Waals surface area contributed by atoms with Crippen LogP contribution in [0.4, 0.5) is 8.78 Å². The number of piperidine rings is 1. The van der Waals surface area contributed by atoms with Crippen LogP contribution in [0.15, 0.2) is 0 Å². The molecule has 2 fully saturated rings. The Labute approximate surface area is 78.1 Å². The van der Waals surface area contributed by atoms with E-state index in [1.54, 1.807) is 0 Å². The molecule has 0 saturated carbocycles. The Hall–Kier alpha value is -0.180. The summed E-state index contributed by atoms with van der Waals surface area (Å²) in [5.74, 6) is 0. The second-order valence-corrected chi connectivity index (χ2v) is 4.93. The molecule has 0 aliphatic carbocycles. The van der Waals surface area contributed by atoms with Crippen LogP contribution in [0.1, 0.15) is 33.1 Å². The zero-order chi connectivity index (χ0) is 9.85. The van der Waals surface area contributed by atoms with Crippen molar-refractivity contribution >= 4 is 0 Å². The number of fused-ring (bicyclic) bond motifs is 2. The van der Waals surface area contributed by atoms with Crippen molar-refractivity contribution in [2.45, 2.75) is 56.5 Å². The standard InChI is InChI=1S/C10H17F2N/c1-9-5-4-6-10(2,13(9)3)8(12)7(9)11/h7-8H,4-6H2,1-3H3. The van der Waals surface area contributed by atoms with Gasteiger partial charge in [-0.1, -0.05) is 0 Å². The third-order valence-corrected chi connectivity index (χ3v) is 4.34. The van der Waals surface area contributed by atoms with Crippen molar-refractivity contribution in [3.63, 3.8) is 0 Å². The van der Waals surface area contributed by atoms with Crippen LogP contribution in [0.5, 0.6) is 0 Å². The van der Waals surface area contributed by atoms with Gasteiger partial charge in [-0.15, -0.1) is 0 Å². The molecular weight excluding hydrogens is 172 g/mol. The lowest BCUT2D eigenvalue weighted by Gasteiger charge is -2.45. The van der Waals surface area contributed by atoms with Gasteiger partial charge in [0.15, 0.2) is 12.3 Å². The Morgan fingerprint density at radius 1 is 1.08 bits per heavy atom. The maximum Gasteiger partial charge on any atom is 0.151 e. The third kappa shape index (κ3) is 0.888. The summed E-state index contributed by atoms with van der Waals surface area (Å²) in [7, 11) is 1.85. The van der Waals surface area contributed by atoms with Gasteiger partial charge < -0.3 is 0 Å². The lowest BCUT2D eigenvalue weighted by atomic mass is 9.86. The molecule has 0 amide bonds. The number of nitrogens with zero attached hydrogens (tertiary/aromatic N) is 1. The fraction of sp³-hybridized carbons (Fsp3) is 1.00. The monoisotopic (exact) mass is 189 g/mol. The average molecular weight is 189 g/mol. The van der Waals surface area contributed by atoms with E-state index in [0.29, 0.717) is 0 Å². The highest BCUT2D eigenvalue weighted by Crippen LogP contribution is 2.51. The van der Waals surface area contributed by atoms with Gasteiger partial charge in [-0.05, 0) is 40.2 Å². The maximum absolute atomic E-state index is 13.7. The first-order valence-electron chi connectivity index (χ1n) is 4.95. The summed E-state index contributed by atoms with van der Waals surface area (Å²) >= 11 is 0. The largest absolute Gasteiger partial charge is 0.290 e. The van der Waals surface area contributed by atoms with Crippen LogP contribution in [0.3, 0.4) is 0 Å². The molecule has 3 heteroatoms. The highest BCUT2D eigenvalue weighted by atomic mass is 19.2. The first kappa shape index (κ1) is 9.38. The van der Waals surface area contributed by atoms with Crippen LogP contribution >= 0.6 is 0 Å². The zero-order valence-corrected chi connectivity index (χ0v) is 8.48. The fourth-order valence-corrected chi connectivity index (χ4v) is 3.00. The van der Waals surface area contributed by atoms with Crippen LogP contribution < -0.4 is 0 Å². The van der Waals surface area contributed by atoms with E-state index in [1.165, 1.54) is 0 Å². The molecule has 2 heterocycles. The summed E-state index contributed by atoms with van der Waals surface area (Å²) in [6.45, 7) is 3.68. The molecule has 0 aromatic heterocycles. The minimum atomic E-state index is -1.31. The van der Waals surface area contributed by atoms with Gasteiger partial charge in [0, 0.05) is 0 Å². The molecule has 2 aliphatic heterocycles. The molecular formula is C10H17F2N. The zero-order valence-electron chi connectivity index (χ0n) is 8.48. The van der Waals surface area contributed by atoms with Crippen molar-refractivity contribution < 1.29 is 8.78 Å². The topological polar surface area (TPSA) is 3.24 Å². The molecule has 4 unspecified atom stereocenters. The molecule has 0 aromatic rings. The Balaban J connectivity index is 2.43. The molecule has 2 rings (SSSR count). The normalized spacial score (nSPS) is 57.0. The molecule has 13 heavy (non-hydrogen) atoms. The van der Waals surface area contributed by atoms with E-state index in [4.69, 9.17) is 0 Å². The molecule has 2 bridgehead atoms. The smallest absolute Gasteiger partial charge is 0.151 e. The number of rotatable bonds is 0. The minimum Gasteiger partial charge on any atom is -0.290 e. The van der Waals surface area contributed by atoms with Crippen LogP contribution in [0, 0.1) is 0 Å². The van der Waals surface area contributed by atoms with Gasteiger partial charge in [0.2, 0.25) is 0 Å². The van der Waals surface area contributed by atoms with Gasteiger partial charge in [0.1, 0.15) is 0 Å². The van der Waals surface area contributed by atoms with Crippen LogP contribution in [-0.4, -0.2) is 35.4 Å². The number of hydrogen-bond donors (Lipinski definition) is 0. The molecule has 0 aromatic carbocycles. The van der Waals surface area contributed by atoms with E-state index in [2.05, 4.69) is 0 Å². The number of alkyl halides is 2. The quantitative estimate of drug-likeness (QED) is 0.565. The van der Waals surface area contributed by atoms with Crippen molar-refractivity contribution in [3.05, 3.63) is 0 Å². The second kappa shape index (κ2) is 2.44. The summed E-state index contributed by atoms with van der Waals surface area (Å²) in [6, 6.07) is 0. The Morgan fingerprint density at radius 3 is 1.77 bits per heavy atom. The summed E-state index contributed by atoms with van der Waals surface area (Å²) in [5.41, 5.74) is -1.13. The van der Waals surface area contributed by atoms with Crippen LogP contribution in [0.2, 0.25) is 0 Å². The molecule has 2 saturated heterocycles. The van der Waals surface area contributed by atoms with E-state index in [-0.39, 0.29) is 0 Å². The third-order valence-electron chi connectivity index (χ3n) is 4.34. The molecule has 1 nitrogen and oxygen atoms in total. The molecule has 2 aliphatic rings. The van der Waals surface area contributed by atoms with Crippen molar-refractivity contribution in [2.24, 2.45) is 0 Å². The highest BCUT2D eigenvalue weighted by molar-refractivity contribution is 5.17. The van der Waals surface area contributed by atoms with E-state index in [1.807, 2.05) is 25.8 Å². The van der Waals surface area contributed by atoms with E-state index >= 15 is 0 Å². The maximum atomic E-state index is 13.7. The van der Waals surface area contributed by atoms with E-state index in [0.717, 1.165) is 19.3 Å². The summed E-state index contributed by atoms with van der Waals surface area (Å²) < 4.78 is 27.5. The Kier molecular flexibility index (Phi) is 1.76. The SMILES string of the molecule is CN1C2(C)CCCC1(C)C(F)C2F. The first-order chi connectivity index (χ1) is 5.93. The molecule has 0 radical (unpaired) electrons. The van der Waals surface area contributed by atoms with Crippen LogP contribution in [0.25, 0.3) is 0 Å². The number of hydrogen-bond acceptors (Lipinski definition) is 1. The summed E-state index contributed by atoms with van der Waals surface area (Å²) in [6.07, 6.45) is -0.130. The minimum absolute atomic E-state index is 0.563. The highest BCUT2D eigenvalue weighted by Gasteiger charge is 2.63. The molecule has 4 atom stereocenters. The predicted octanol–water partition coefficient (Wildman–Crippen LogP) is 2.31. The van der Waals surface area contributed by atoms with Gasteiger partial charge in [0.25, 0.3) is 0 Å². The second-order valence-electron chi connectivity index (χ2n) is 4.93. The predicted molar refractivity (Wildman–Crippen MR) is 48.2 cm³/mol. The summed E-state index contributed by atoms with van der Waals surface area (Å²) in [4.78, 5) is 1.92. The lowest BCUT2D eigenvalue weighted by molar-refractivity contribution is 0.0137. The fourth-order valence-electron chi connectivity index (χ4n) is 3.00. The van der Waals surface area contributed by atoms with Crippen LogP contribution in [-0.2, 0) is 0 Å². The van der Waals surface area contributed by atoms with E-state index in [9.17, 15) is 8.78 Å². The van der Waals surface area contributed by atoms with Gasteiger partial charge in [0.05, 0.1) is 11.1 Å². The van der Waals surface area contributed by atoms with Crippen molar-refractivity contribution in [1.29, 1.82) is 0 Å². The van der Waals surface area contributed by atoms with Crippen molar-refractivity contribution in [3.8, 4) is 0 Å². The van der Waals surface area contributed by atoms with Gasteiger partial charge in [-0.2, -0.15) is 0 Å². The Bertz CT molecular complexity index is 211. The van der Waals surface area contributed by atoms with Crippen molar-refractivity contribution in [2.75, 3.05) is 7.05 Å². The first-order valence-corrected chi connectivity index (χ1v) is 4.95. The van der Waals surface area contributed by atoms with E-state index < -0.39 is 23.4 Å². The summed E-state index contributed by atoms with van der Waals surface area (Å²) in [5, 5.41) is 0. The Morgan fingerprint density at radius 2 is 1.46 bits per heavy atom. The lowest BCUT2D eigenvalue weighted by Crippen LogP contribution is -2.54. The van der Waals surface area contributed by atoms with Gasteiger partial charge >= 0.3 is 0 Å². The molecule has 0 spiro atoms. The molecule has 76 valence electrons. The molecule has 0 N–H and O–H groups in total. The van der Waals surface area contributed by atoms with Crippen molar-refractivity contribution in [1.82, 2.24) is 4.90 Å². The average Bonchev–Trinajstić information content (AvgIpc) is 2.21. The van der Waals surface area contributed by atoms with Gasteiger partial charge in [-0.25, -0.2) is 8.78 Å². The number of halogens is 2. The van der Waals surface area contributed by atoms with Gasteiger partial charge in [-0.3, -0.25) is 4.90 Å².